The van der Waals surface area contributed by atoms with Crippen LogP contribution in [-0.2, 0) is 14.2 Å². The summed E-state index contributed by atoms with van der Waals surface area (Å²) >= 11 is 0. The van der Waals surface area contributed by atoms with Crippen LogP contribution in [0.5, 0.6) is 0 Å². The number of hydrogen-bond acceptors (Lipinski definition) is 4. The number of nitrogens with zero attached hydrogens (tertiary/aromatic N) is 1. The Hall–Kier alpha value is -0.600. The first-order chi connectivity index (χ1) is 16.1. The predicted molar refractivity (Wildman–Crippen MR) is 159 cm³/mol. The van der Waals surface area contributed by atoms with E-state index in [1.807, 2.05) is 61.5 Å². The van der Waals surface area contributed by atoms with Gasteiger partial charge in [0.25, 0.3) is 0 Å². The Labute approximate surface area is 217 Å². The van der Waals surface area contributed by atoms with Crippen LogP contribution in [0.2, 0.25) is 0 Å². The summed E-state index contributed by atoms with van der Waals surface area (Å²) in [6, 6.07) is 8.71. The summed E-state index contributed by atoms with van der Waals surface area (Å²) in [4.78, 5) is 0.376. The van der Waals surface area contributed by atoms with E-state index < -0.39 is 20.3 Å². The Morgan fingerprint density at radius 1 is 0.971 bits per heavy atom. The van der Waals surface area contributed by atoms with Gasteiger partial charge in [-0.25, -0.2) is 8.42 Å². The van der Waals surface area contributed by atoms with Crippen LogP contribution in [0.4, 0.5) is 0 Å². The van der Waals surface area contributed by atoms with E-state index in [1.54, 1.807) is 28.6 Å². The van der Waals surface area contributed by atoms with Gasteiger partial charge >= 0.3 is 0 Å². The highest BCUT2D eigenvalue weighted by molar-refractivity contribution is 8.29. The Balaban J connectivity index is -0.000000484. The molecule has 0 unspecified atom stereocenters. The highest BCUT2D eigenvalue weighted by Crippen LogP contribution is 2.53. The maximum Gasteiger partial charge on any atom is 0.243 e. The molecular weight excluding hydrogens is 464 g/mol. The van der Waals surface area contributed by atoms with Crippen LogP contribution in [0.1, 0.15) is 90.4 Å². The van der Waals surface area contributed by atoms with Crippen molar-refractivity contribution < 1.29 is 14.0 Å². The summed E-state index contributed by atoms with van der Waals surface area (Å²) in [5.41, 5.74) is 0. The molecule has 0 bridgehead atoms. The molecule has 208 valence electrons. The highest BCUT2D eigenvalue weighted by atomic mass is 32.3. The van der Waals surface area contributed by atoms with Crippen molar-refractivity contribution >= 4 is 20.3 Å². The molecule has 0 amide bonds. The minimum Gasteiger partial charge on any atom is -0.337 e. The molecule has 1 aromatic rings. The smallest absolute Gasteiger partial charge is 0.243 e. The van der Waals surface area contributed by atoms with Crippen molar-refractivity contribution in [3.63, 3.8) is 0 Å². The number of hydrogen-bond donors (Lipinski definition) is 1. The lowest BCUT2D eigenvalue weighted by atomic mass is 10.1. The third-order valence-electron chi connectivity index (χ3n) is 5.18. The average molecular weight is 525 g/mol. The second-order valence-electron chi connectivity index (χ2n) is 8.10. The molecule has 1 fully saturated rings. The number of rotatable bonds is 7. The van der Waals surface area contributed by atoms with Crippen molar-refractivity contribution in [3.05, 3.63) is 30.3 Å². The maximum absolute atomic E-state index is 13.0. The number of nitrogens with one attached hydrogen (secondary N) is 1. The summed E-state index contributed by atoms with van der Waals surface area (Å²) in [5.74, 6) is 0. The maximum atomic E-state index is 13.0. The van der Waals surface area contributed by atoms with Crippen molar-refractivity contribution in [1.82, 2.24) is 9.62 Å². The molecule has 34 heavy (non-hydrogen) atoms. The molecule has 0 saturated carbocycles. The topological polar surface area (TPSA) is 58.6 Å². The third-order valence-corrected chi connectivity index (χ3v) is 10.9. The number of benzene rings is 1. The quantitative estimate of drug-likeness (QED) is 0.374. The van der Waals surface area contributed by atoms with Gasteiger partial charge in [0.15, 0.2) is 0 Å². The third kappa shape index (κ3) is 12.9. The second kappa shape index (κ2) is 20.6. The average Bonchev–Trinajstić information content (AvgIpc) is 2.87. The van der Waals surface area contributed by atoms with Crippen molar-refractivity contribution in [3.8, 4) is 0 Å². The molecule has 1 aliphatic heterocycles. The monoisotopic (exact) mass is 524 g/mol. The first-order valence-corrected chi connectivity index (χ1v) is 17.0. The minimum atomic E-state index is -3.44. The molecular formula is C27H60N2O3S2. The van der Waals surface area contributed by atoms with Gasteiger partial charge in [-0.05, 0) is 37.5 Å². The van der Waals surface area contributed by atoms with E-state index in [4.69, 9.17) is 4.18 Å². The van der Waals surface area contributed by atoms with E-state index in [0.29, 0.717) is 31.1 Å². The predicted octanol–water partition coefficient (Wildman–Crippen LogP) is 7.57. The van der Waals surface area contributed by atoms with Gasteiger partial charge in [0.05, 0.1) is 11.5 Å². The molecule has 1 N–H and O–H groups in total. The molecule has 1 saturated heterocycles. The van der Waals surface area contributed by atoms with Gasteiger partial charge in [-0.3, -0.25) is 0 Å². The van der Waals surface area contributed by atoms with Crippen molar-refractivity contribution in [2.75, 3.05) is 38.8 Å². The first kappa shape index (κ1) is 37.9. The van der Waals surface area contributed by atoms with Gasteiger partial charge in [-0.2, -0.15) is 4.31 Å². The lowest BCUT2D eigenvalue weighted by molar-refractivity contribution is 0.236. The standard InChI is InChI=1S/C19H34N2O3S2.4C2H6.H2/c1-19(2,3)25(4,5)24-15-9-10-17-16-20-13-14-21(17)26(22,23)18-11-7-6-8-12-18;4*1-2;/h6-8,11-12,17,20H,9-10,13-16H2,1-5H3;4*1-2H3;1H/t17-;;;;;/m0...../s1. The van der Waals surface area contributed by atoms with Gasteiger partial charge in [0.1, 0.15) is 0 Å². The van der Waals surface area contributed by atoms with Gasteiger partial charge in [0, 0.05) is 31.8 Å². The second-order valence-corrected chi connectivity index (χ2v) is 13.9. The Morgan fingerprint density at radius 3 is 1.94 bits per heavy atom. The number of piperazine rings is 1. The fraction of sp³-hybridized carbons (Fsp3) is 0.778. The molecule has 2 rings (SSSR count). The zero-order valence-electron chi connectivity index (χ0n) is 24.7. The van der Waals surface area contributed by atoms with Gasteiger partial charge in [0.2, 0.25) is 10.0 Å². The van der Waals surface area contributed by atoms with E-state index >= 15 is 0 Å². The van der Waals surface area contributed by atoms with Gasteiger partial charge in [-0.15, -0.1) is 10.3 Å². The fourth-order valence-corrected chi connectivity index (χ4v) is 5.36. The van der Waals surface area contributed by atoms with Crippen LogP contribution >= 0.6 is 10.3 Å². The largest absolute Gasteiger partial charge is 0.337 e. The van der Waals surface area contributed by atoms with Crippen LogP contribution in [-0.4, -0.2) is 62.3 Å². The molecule has 1 aromatic carbocycles. The lowest BCUT2D eigenvalue weighted by Crippen LogP contribution is -2.53. The summed E-state index contributed by atoms with van der Waals surface area (Å²) in [5, 5.41) is 3.33. The van der Waals surface area contributed by atoms with Crippen molar-refractivity contribution in [2.24, 2.45) is 0 Å². The van der Waals surface area contributed by atoms with Crippen LogP contribution in [0, 0.1) is 0 Å². The van der Waals surface area contributed by atoms with Crippen LogP contribution in [0.3, 0.4) is 0 Å². The molecule has 1 heterocycles. The molecule has 0 aromatic heterocycles. The lowest BCUT2D eigenvalue weighted by Gasteiger charge is -2.44. The number of sulfonamides is 1. The first-order valence-electron chi connectivity index (χ1n) is 13.2. The highest BCUT2D eigenvalue weighted by Gasteiger charge is 2.33. The zero-order chi connectivity index (χ0) is 27.4. The summed E-state index contributed by atoms with van der Waals surface area (Å²) in [6.07, 6.45) is 6.06. The van der Waals surface area contributed by atoms with E-state index in [0.717, 1.165) is 12.8 Å². The summed E-state index contributed by atoms with van der Waals surface area (Å²) < 4.78 is 34.0. The molecule has 7 heteroatoms. The Morgan fingerprint density at radius 2 is 1.47 bits per heavy atom. The van der Waals surface area contributed by atoms with Crippen LogP contribution in [0.15, 0.2) is 35.2 Å². The van der Waals surface area contributed by atoms with Gasteiger partial charge < -0.3 is 9.50 Å². The molecule has 1 aliphatic rings. The zero-order valence-corrected chi connectivity index (χ0v) is 26.3. The minimum absolute atomic E-state index is 0. The fourth-order valence-electron chi connectivity index (χ4n) is 2.80. The molecule has 0 spiro atoms. The molecule has 0 aliphatic carbocycles. The van der Waals surface area contributed by atoms with E-state index in [-0.39, 0.29) is 12.2 Å². The van der Waals surface area contributed by atoms with E-state index in [1.165, 1.54) is 0 Å². The van der Waals surface area contributed by atoms with E-state index in [2.05, 4.69) is 38.6 Å². The molecule has 1 atom stereocenters. The van der Waals surface area contributed by atoms with E-state index in [9.17, 15) is 8.42 Å². The molecule has 5 nitrogen and oxygen atoms in total. The molecule has 0 radical (unpaired) electrons. The van der Waals surface area contributed by atoms with Crippen molar-refractivity contribution in [2.45, 2.75) is 105 Å². The van der Waals surface area contributed by atoms with Gasteiger partial charge in [-0.1, -0.05) is 94.4 Å². The Bertz CT molecular complexity index is 679. The summed E-state index contributed by atoms with van der Waals surface area (Å²) in [6.45, 7) is 25.2. The van der Waals surface area contributed by atoms with Crippen LogP contribution in [0.25, 0.3) is 0 Å². The van der Waals surface area contributed by atoms with Crippen LogP contribution < -0.4 is 5.32 Å². The summed E-state index contributed by atoms with van der Waals surface area (Å²) in [7, 11) is -4.58. The SMILES string of the molecule is CC.CC.CC.CC.CC(C)(C)S(C)(C)OCCC[C@H]1CNCCN1S(=O)(=O)c1ccccc1.[HH]. The Kier molecular flexibility index (Phi) is 23.0. The van der Waals surface area contributed by atoms with Crippen molar-refractivity contribution in [1.29, 1.82) is 0 Å². The normalized spacial score (nSPS) is 16.7.